The first-order valence-corrected chi connectivity index (χ1v) is 11.3. The number of para-hydroxylation sites is 1. The molecule has 2 aromatic carbocycles. The van der Waals surface area contributed by atoms with E-state index < -0.39 is 0 Å². The molecule has 32 heavy (non-hydrogen) atoms. The number of aromatic nitrogens is 3. The molecule has 0 unspecified atom stereocenters. The van der Waals surface area contributed by atoms with Crippen molar-refractivity contribution in [1.82, 2.24) is 19.9 Å². The van der Waals surface area contributed by atoms with Gasteiger partial charge in [0, 0.05) is 17.5 Å². The third-order valence-electron chi connectivity index (χ3n) is 5.11. The zero-order chi connectivity index (χ0) is 22.5. The highest BCUT2D eigenvalue weighted by atomic mass is 32.1. The molecule has 0 aliphatic rings. The second kappa shape index (κ2) is 9.84. The van der Waals surface area contributed by atoms with Gasteiger partial charge in [0.2, 0.25) is 5.91 Å². The number of nitrogens with zero attached hydrogens (tertiary/aromatic N) is 3. The van der Waals surface area contributed by atoms with Crippen molar-refractivity contribution in [3.05, 3.63) is 86.9 Å². The molecule has 0 bridgehead atoms. The number of H-pyrrole nitrogens is 1. The van der Waals surface area contributed by atoms with Crippen LogP contribution < -0.4 is 10.9 Å². The molecule has 0 spiro atoms. The number of amides is 1. The Labute approximate surface area is 190 Å². The number of nitrogens with one attached hydrogen (secondary N) is 2. The number of aryl methyl sites for hydroxylation is 1. The van der Waals surface area contributed by atoms with Gasteiger partial charge in [-0.15, -0.1) is 11.3 Å². The van der Waals surface area contributed by atoms with Crippen molar-refractivity contribution >= 4 is 33.3 Å². The van der Waals surface area contributed by atoms with Crippen LogP contribution in [-0.2, 0) is 17.8 Å². The van der Waals surface area contributed by atoms with E-state index in [1.54, 1.807) is 6.07 Å². The minimum Gasteiger partial charge on any atom is -0.309 e. The van der Waals surface area contributed by atoms with E-state index in [2.05, 4.69) is 45.4 Å². The van der Waals surface area contributed by atoms with E-state index in [9.17, 15) is 9.59 Å². The van der Waals surface area contributed by atoms with Crippen LogP contribution in [-0.4, -0.2) is 38.8 Å². The molecule has 4 rings (SSSR count). The number of carbonyl (C=O) groups excluding carboxylic acids is 1. The molecule has 0 radical (unpaired) electrons. The molecule has 0 aliphatic heterocycles. The van der Waals surface area contributed by atoms with Crippen molar-refractivity contribution in [2.45, 2.75) is 26.8 Å². The number of hydrogen-bond donors (Lipinski definition) is 2. The Morgan fingerprint density at radius 1 is 1.19 bits per heavy atom. The van der Waals surface area contributed by atoms with Gasteiger partial charge in [0.25, 0.3) is 5.56 Å². The molecule has 8 heteroatoms. The van der Waals surface area contributed by atoms with Crippen LogP contribution in [0.25, 0.3) is 10.9 Å². The van der Waals surface area contributed by atoms with E-state index in [0.717, 1.165) is 11.3 Å². The first-order valence-electron chi connectivity index (χ1n) is 10.5. The van der Waals surface area contributed by atoms with Gasteiger partial charge in [-0.25, -0.2) is 9.97 Å². The SMILES string of the molecule is CCN(CC(=O)Nc1ncc(Cc2cccc(C)c2)s1)Cc1nc2ccccc2c(=O)[nH]1. The van der Waals surface area contributed by atoms with Crippen LogP contribution in [0.15, 0.2) is 59.5 Å². The Kier molecular flexibility index (Phi) is 6.72. The van der Waals surface area contributed by atoms with Crippen molar-refractivity contribution in [3.8, 4) is 0 Å². The molecule has 164 valence electrons. The molecule has 0 atom stereocenters. The predicted octanol–water partition coefficient (Wildman–Crippen LogP) is 3.74. The first kappa shape index (κ1) is 21.9. The minimum atomic E-state index is -0.171. The van der Waals surface area contributed by atoms with Gasteiger partial charge in [-0.3, -0.25) is 14.5 Å². The Hall–Kier alpha value is -3.36. The van der Waals surface area contributed by atoms with E-state index in [4.69, 9.17) is 0 Å². The maximum atomic E-state index is 12.6. The summed E-state index contributed by atoms with van der Waals surface area (Å²) in [7, 11) is 0. The molecule has 0 saturated heterocycles. The number of carbonyl (C=O) groups is 1. The van der Waals surface area contributed by atoms with Crippen LogP contribution in [0.2, 0.25) is 0 Å². The molecular formula is C24H25N5O2S. The molecule has 4 aromatic rings. The van der Waals surface area contributed by atoms with Gasteiger partial charge >= 0.3 is 0 Å². The lowest BCUT2D eigenvalue weighted by atomic mass is 10.1. The minimum absolute atomic E-state index is 0.147. The van der Waals surface area contributed by atoms with Gasteiger partial charge in [0.1, 0.15) is 5.82 Å². The molecule has 7 nitrogen and oxygen atoms in total. The number of anilines is 1. The molecule has 0 fully saturated rings. The van der Waals surface area contributed by atoms with Gasteiger partial charge in [-0.1, -0.05) is 48.9 Å². The van der Waals surface area contributed by atoms with Crippen molar-refractivity contribution in [1.29, 1.82) is 0 Å². The molecule has 2 aromatic heterocycles. The predicted molar refractivity (Wildman–Crippen MR) is 128 cm³/mol. The summed E-state index contributed by atoms with van der Waals surface area (Å²) in [6.07, 6.45) is 2.60. The van der Waals surface area contributed by atoms with E-state index in [0.29, 0.717) is 34.9 Å². The normalized spacial score (nSPS) is 11.2. The average molecular weight is 448 g/mol. The van der Waals surface area contributed by atoms with Crippen molar-refractivity contribution in [2.24, 2.45) is 0 Å². The second-order valence-corrected chi connectivity index (χ2v) is 8.79. The zero-order valence-electron chi connectivity index (χ0n) is 18.1. The van der Waals surface area contributed by atoms with Crippen molar-refractivity contribution in [2.75, 3.05) is 18.4 Å². The van der Waals surface area contributed by atoms with E-state index in [1.807, 2.05) is 42.3 Å². The lowest BCUT2D eigenvalue weighted by molar-refractivity contribution is -0.117. The van der Waals surface area contributed by atoms with Crippen LogP contribution in [0.3, 0.4) is 0 Å². The largest absolute Gasteiger partial charge is 0.309 e. The third kappa shape index (κ3) is 5.46. The summed E-state index contributed by atoms with van der Waals surface area (Å²) >= 11 is 1.48. The van der Waals surface area contributed by atoms with Crippen LogP contribution in [0.4, 0.5) is 5.13 Å². The highest BCUT2D eigenvalue weighted by molar-refractivity contribution is 7.15. The Balaban J connectivity index is 1.37. The summed E-state index contributed by atoms with van der Waals surface area (Å²) in [4.78, 5) is 39.6. The first-order chi connectivity index (χ1) is 15.5. The summed E-state index contributed by atoms with van der Waals surface area (Å²) < 4.78 is 0. The standard InChI is InChI=1S/C24H25N5O2S/c1-3-29(14-21-26-20-10-5-4-9-19(20)23(31)27-21)15-22(30)28-24-25-13-18(32-24)12-17-8-6-7-16(2)11-17/h4-11,13H,3,12,14-15H2,1-2H3,(H,25,28,30)(H,26,27,31). The summed E-state index contributed by atoms with van der Waals surface area (Å²) in [5.74, 6) is 0.393. The quantitative estimate of drug-likeness (QED) is 0.429. The number of fused-ring (bicyclic) bond motifs is 1. The van der Waals surface area contributed by atoms with Crippen molar-refractivity contribution in [3.63, 3.8) is 0 Å². The van der Waals surface area contributed by atoms with Crippen molar-refractivity contribution < 1.29 is 4.79 Å². The van der Waals surface area contributed by atoms with Gasteiger partial charge in [-0.2, -0.15) is 0 Å². The van der Waals surface area contributed by atoms with Gasteiger partial charge in [0.15, 0.2) is 5.13 Å². The summed E-state index contributed by atoms with van der Waals surface area (Å²) in [6, 6.07) is 15.6. The Bertz CT molecular complexity index is 1300. The summed E-state index contributed by atoms with van der Waals surface area (Å²) in [5.41, 5.74) is 2.92. The lowest BCUT2D eigenvalue weighted by Gasteiger charge is -2.18. The maximum Gasteiger partial charge on any atom is 0.258 e. The highest BCUT2D eigenvalue weighted by Gasteiger charge is 2.14. The zero-order valence-corrected chi connectivity index (χ0v) is 18.9. The molecular weight excluding hydrogens is 422 g/mol. The molecule has 2 N–H and O–H groups in total. The summed E-state index contributed by atoms with van der Waals surface area (Å²) in [6.45, 7) is 5.24. The number of aromatic amines is 1. The fourth-order valence-corrected chi connectivity index (χ4v) is 4.40. The number of hydrogen-bond acceptors (Lipinski definition) is 6. The van der Waals surface area contributed by atoms with E-state index >= 15 is 0 Å². The molecule has 0 aliphatic carbocycles. The second-order valence-electron chi connectivity index (χ2n) is 7.68. The molecule has 1 amide bonds. The maximum absolute atomic E-state index is 12.6. The molecule has 2 heterocycles. The topological polar surface area (TPSA) is 91.0 Å². The van der Waals surface area contributed by atoms with Gasteiger partial charge in [0.05, 0.1) is 24.0 Å². The molecule has 0 saturated carbocycles. The van der Waals surface area contributed by atoms with Crippen LogP contribution in [0, 0.1) is 6.92 Å². The summed E-state index contributed by atoms with van der Waals surface area (Å²) in [5, 5.41) is 4.03. The van der Waals surface area contributed by atoms with Crippen LogP contribution in [0.1, 0.15) is 28.8 Å². The lowest BCUT2D eigenvalue weighted by Crippen LogP contribution is -2.33. The Morgan fingerprint density at radius 2 is 2.03 bits per heavy atom. The third-order valence-corrected chi connectivity index (χ3v) is 6.02. The highest BCUT2D eigenvalue weighted by Crippen LogP contribution is 2.21. The van der Waals surface area contributed by atoms with E-state index in [1.165, 1.54) is 22.5 Å². The average Bonchev–Trinajstić information content (AvgIpc) is 3.19. The fourth-order valence-electron chi connectivity index (χ4n) is 3.53. The van der Waals surface area contributed by atoms with Crippen LogP contribution in [0.5, 0.6) is 0 Å². The smallest absolute Gasteiger partial charge is 0.258 e. The van der Waals surface area contributed by atoms with Gasteiger partial charge < -0.3 is 10.3 Å². The fraction of sp³-hybridized carbons (Fsp3) is 0.250. The number of rotatable bonds is 8. The Morgan fingerprint density at radius 3 is 2.84 bits per heavy atom. The number of thiazole rings is 1. The van der Waals surface area contributed by atoms with E-state index in [-0.39, 0.29) is 18.0 Å². The van der Waals surface area contributed by atoms with Gasteiger partial charge in [-0.05, 0) is 31.2 Å². The number of likely N-dealkylation sites (N-methyl/N-ethyl adjacent to an activating group) is 1. The monoisotopic (exact) mass is 447 g/mol. The number of benzene rings is 2. The van der Waals surface area contributed by atoms with Crippen LogP contribution >= 0.6 is 11.3 Å².